The fraction of sp³-hybridized carbons (Fsp3) is 0.625. The molecule has 1 saturated carbocycles. The largest absolute Gasteiger partial charge is 0.373 e. The van der Waals surface area contributed by atoms with Gasteiger partial charge in [-0.25, -0.2) is 4.79 Å². The highest BCUT2D eigenvalue weighted by molar-refractivity contribution is 6.09. The Morgan fingerprint density at radius 3 is 2.55 bits per heavy atom. The summed E-state index contributed by atoms with van der Waals surface area (Å²) in [7, 11) is 2.03. The fourth-order valence-corrected chi connectivity index (χ4v) is 5.42. The van der Waals surface area contributed by atoms with Gasteiger partial charge < -0.3 is 15.1 Å². The van der Waals surface area contributed by atoms with Crippen LogP contribution in [0.25, 0.3) is 0 Å². The number of para-hydroxylation sites is 1. The molecule has 4 rings (SSSR count). The summed E-state index contributed by atoms with van der Waals surface area (Å²) in [6.07, 6.45) is 6.24. The zero-order valence-corrected chi connectivity index (χ0v) is 18.7. The number of carbonyl (C=O) groups excluding carboxylic acids is 3. The third kappa shape index (κ3) is 4.27. The first-order valence-electron chi connectivity index (χ1n) is 11.6. The van der Waals surface area contributed by atoms with Gasteiger partial charge in [0.1, 0.15) is 12.1 Å². The number of carbonyl (C=O) groups is 3. The highest BCUT2D eigenvalue weighted by atomic mass is 16.2. The zero-order valence-electron chi connectivity index (χ0n) is 18.7. The van der Waals surface area contributed by atoms with Gasteiger partial charge in [0.05, 0.1) is 0 Å². The maximum Gasteiger partial charge on any atom is 0.325 e. The number of rotatable bonds is 6. The quantitative estimate of drug-likeness (QED) is 0.710. The molecule has 31 heavy (non-hydrogen) atoms. The van der Waals surface area contributed by atoms with Crippen LogP contribution < -0.4 is 10.2 Å². The Morgan fingerprint density at radius 1 is 1.16 bits per heavy atom. The molecular formula is C24H34N4O3. The molecule has 1 spiro atoms. The Morgan fingerprint density at radius 2 is 1.87 bits per heavy atom. The maximum atomic E-state index is 13.1. The van der Waals surface area contributed by atoms with Crippen LogP contribution in [-0.2, 0) is 9.59 Å². The molecule has 168 valence electrons. The summed E-state index contributed by atoms with van der Waals surface area (Å²) in [6.45, 7) is 3.43. The van der Waals surface area contributed by atoms with Gasteiger partial charge in [-0.15, -0.1) is 0 Å². The number of nitrogens with one attached hydrogen (secondary N) is 1. The number of hydrogen-bond acceptors (Lipinski definition) is 4. The second kappa shape index (κ2) is 8.89. The molecule has 1 aromatic carbocycles. The summed E-state index contributed by atoms with van der Waals surface area (Å²) in [5.41, 5.74) is 0.321. The number of nitrogens with zero attached hydrogens (tertiary/aromatic N) is 3. The smallest absolute Gasteiger partial charge is 0.325 e. The second-order valence-electron chi connectivity index (χ2n) is 9.35. The van der Waals surface area contributed by atoms with Crippen LogP contribution in [-0.4, -0.2) is 65.9 Å². The molecule has 0 radical (unpaired) electrons. The minimum atomic E-state index is -0.791. The molecule has 4 amide bonds. The van der Waals surface area contributed by atoms with E-state index in [0.29, 0.717) is 25.3 Å². The lowest BCUT2D eigenvalue weighted by Gasteiger charge is -2.34. The van der Waals surface area contributed by atoms with Crippen molar-refractivity contribution in [2.45, 2.75) is 63.5 Å². The molecule has 2 heterocycles. The second-order valence-corrected chi connectivity index (χ2v) is 9.35. The highest BCUT2D eigenvalue weighted by Crippen LogP contribution is 2.37. The average Bonchev–Trinajstić information content (AvgIpc) is 3.33. The number of benzene rings is 1. The van der Waals surface area contributed by atoms with E-state index in [1.165, 1.54) is 0 Å². The summed E-state index contributed by atoms with van der Waals surface area (Å²) in [5.74, 6) is 0.280. The Labute approximate surface area is 184 Å². The molecule has 7 heteroatoms. The molecule has 2 saturated heterocycles. The number of urea groups is 1. The van der Waals surface area contributed by atoms with E-state index in [2.05, 4.69) is 29.3 Å². The van der Waals surface area contributed by atoms with E-state index in [4.69, 9.17) is 0 Å². The van der Waals surface area contributed by atoms with Crippen LogP contribution in [0.2, 0.25) is 0 Å². The van der Waals surface area contributed by atoms with Crippen molar-refractivity contribution >= 4 is 23.5 Å². The first-order chi connectivity index (χ1) is 14.9. The van der Waals surface area contributed by atoms with Crippen molar-refractivity contribution in [3.05, 3.63) is 30.3 Å². The van der Waals surface area contributed by atoms with Gasteiger partial charge in [0, 0.05) is 31.9 Å². The molecule has 3 fully saturated rings. The molecule has 1 atom stereocenters. The molecule has 7 nitrogen and oxygen atoms in total. The SMILES string of the molecule is CCC1CCC2(CC1)NC(=O)N(CC(=O)N1CCCC1CN(C)c1ccccc1)C2=O. The average molecular weight is 427 g/mol. The van der Waals surface area contributed by atoms with Crippen LogP contribution in [0.15, 0.2) is 30.3 Å². The maximum absolute atomic E-state index is 13.1. The predicted octanol–water partition coefficient (Wildman–Crippen LogP) is 3.00. The van der Waals surface area contributed by atoms with Crippen LogP contribution in [0.5, 0.6) is 0 Å². The van der Waals surface area contributed by atoms with Crippen molar-refractivity contribution in [2.75, 3.05) is 31.6 Å². The molecule has 3 aliphatic rings. The van der Waals surface area contributed by atoms with Gasteiger partial charge in [-0.2, -0.15) is 0 Å². The minimum absolute atomic E-state index is 0.0902. The van der Waals surface area contributed by atoms with E-state index in [1.807, 2.05) is 30.1 Å². The number of likely N-dealkylation sites (tertiary alicyclic amines) is 1. The lowest BCUT2D eigenvalue weighted by molar-refractivity contribution is -0.140. The number of imide groups is 1. The van der Waals surface area contributed by atoms with E-state index in [0.717, 1.165) is 49.2 Å². The van der Waals surface area contributed by atoms with Crippen LogP contribution in [0, 0.1) is 5.92 Å². The van der Waals surface area contributed by atoms with Crippen LogP contribution >= 0.6 is 0 Å². The molecular weight excluding hydrogens is 392 g/mol. The highest BCUT2D eigenvalue weighted by Gasteiger charge is 2.53. The topological polar surface area (TPSA) is 73.0 Å². The van der Waals surface area contributed by atoms with Gasteiger partial charge in [0.15, 0.2) is 0 Å². The number of likely N-dealkylation sites (N-methyl/N-ethyl adjacent to an activating group) is 1. The summed E-state index contributed by atoms with van der Waals surface area (Å²) in [5, 5.41) is 2.93. The van der Waals surface area contributed by atoms with Crippen LogP contribution in [0.4, 0.5) is 10.5 Å². The first-order valence-corrected chi connectivity index (χ1v) is 11.6. The van der Waals surface area contributed by atoms with Crippen molar-refractivity contribution in [1.82, 2.24) is 15.1 Å². The first kappa shape index (κ1) is 21.7. The summed E-state index contributed by atoms with van der Waals surface area (Å²) >= 11 is 0. The third-order valence-corrected chi connectivity index (χ3v) is 7.45. The minimum Gasteiger partial charge on any atom is -0.373 e. The van der Waals surface area contributed by atoms with Gasteiger partial charge in [-0.05, 0) is 56.6 Å². The lowest BCUT2D eigenvalue weighted by Crippen LogP contribution is -2.50. The van der Waals surface area contributed by atoms with Gasteiger partial charge in [-0.3, -0.25) is 14.5 Å². The monoisotopic (exact) mass is 426 g/mol. The molecule has 1 aliphatic carbocycles. The summed E-state index contributed by atoms with van der Waals surface area (Å²) in [4.78, 5) is 44.1. The third-order valence-electron chi connectivity index (χ3n) is 7.45. The van der Waals surface area contributed by atoms with Crippen molar-refractivity contribution in [2.24, 2.45) is 5.92 Å². The standard InChI is InChI=1S/C24H34N4O3/c1-3-18-11-13-24(14-12-18)22(30)28(23(31)25-24)17-21(29)27-15-7-10-20(27)16-26(2)19-8-5-4-6-9-19/h4-6,8-9,18,20H,3,7,10-17H2,1-2H3,(H,25,31). The van der Waals surface area contributed by atoms with Crippen LogP contribution in [0.3, 0.4) is 0 Å². The Bertz CT molecular complexity index is 819. The molecule has 1 N–H and O–H groups in total. The summed E-state index contributed by atoms with van der Waals surface area (Å²) < 4.78 is 0. The normalized spacial score (nSPS) is 28.3. The van der Waals surface area contributed by atoms with Gasteiger partial charge in [-0.1, -0.05) is 31.5 Å². The van der Waals surface area contributed by atoms with Crippen molar-refractivity contribution < 1.29 is 14.4 Å². The van der Waals surface area contributed by atoms with E-state index in [9.17, 15) is 14.4 Å². The lowest BCUT2D eigenvalue weighted by atomic mass is 9.75. The zero-order chi connectivity index (χ0) is 22.0. The number of amides is 4. The molecule has 0 bridgehead atoms. The van der Waals surface area contributed by atoms with E-state index >= 15 is 0 Å². The van der Waals surface area contributed by atoms with Crippen molar-refractivity contribution in [1.29, 1.82) is 0 Å². The van der Waals surface area contributed by atoms with Crippen molar-refractivity contribution in [3.8, 4) is 0 Å². The molecule has 1 aromatic rings. The van der Waals surface area contributed by atoms with Crippen molar-refractivity contribution in [3.63, 3.8) is 0 Å². The Balaban J connectivity index is 1.38. The summed E-state index contributed by atoms with van der Waals surface area (Å²) in [6, 6.07) is 9.79. The molecule has 0 aromatic heterocycles. The van der Waals surface area contributed by atoms with Gasteiger partial charge in [0.25, 0.3) is 5.91 Å². The number of hydrogen-bond donors (Lipinski definition) is 1. The Kier molecular flexibility index (Phi) is 6.21. The van der Waals surface area contributed by atoms with Gasteiger partial charge >= 0.3 is 6.03 Å². The van der Waals surface area contributed by atoms with Crippen LogP contribution in [0.1, 0.15) is 51.9 Å². The fourth-order valence-electron chi connectivity index (χ4n) is 5.42. The van der Waals surface area contributed by atoms with Gasteiger partial charge in [0.2, 0.25) is 5.91 Å². The molecule has 1 unspecified atom stereocenters. The van der Waals surface area contributed by atoms with E-state index < -0.39 is 11.6 Å². The number of anilines is 1. The van der Waals surface area contributed by atoms with E-state index in [-0.39, 0.29) is 24.4 Å². The Hall–Kier alpha value is -2.57. The predicted molar refractivity (Wildman–Crippen MR) is 120 cm³/mol. The molecule has 2 aliphatic heterocycles. The van der Waals surface area contributed by atoms with E-state index in [1.54, 1.807) is 0 Å².